The summed E-state index contributed by atoms with van der Waals surface area (Å²) in [7, 11) is 0. The van der Waals surface area contributed by atoms with Crippen LogP contribution in [0.25, 0.3) is 51.2 Å². The van der Waals surface area contributed by atoms with Gasteiger partial charge in [-0.05, 0) is 82.6 Å². The van der Waals surface area contributed by atoms with Gasteiger partial charge in [0.05, 0.1) is 22.4 Å². The maximum absolute atomic E-state index is 5.13. The highest BCUT2D eigenvalue weighted by molar-refractivity contribution is 6.16. The first-order valence-corrected chi connectivity index (χ1v) is 16.3. The molecule has 0 amide bonds. The molecule has 0 saturated heterocycles. The minimum atomic E-state index is 0.778. The Morgan fingerprint density at radius 3 is 2.17 bits per heavy atom. The van der Waals surface area contributed by atoms with E-state index in [1.54, 1.807) is 0 Å². The van der Waals surface area contributed by atoms with Gasteiger partial charge in [0, 0.05) is 16.5 Å². The van der Waals surface area contributed by atoms with Gasteiger partial charge in [-0.25, -0.2) is 4.99 Å². The van der Waals surface area contributed by atoms with Gasteiger partial charge in [0.15, 0.2) is 0 Å². The summed E-state index contributed by atoms with van der Waals surface area (Å²) in [5, 5.41) is 6.01. The Morgan fingerprint density at radius 2 is 1.38 bits per heavy atom. The van der Waals surface area contributed by atoms with Crippen molar-refractivity contribution in [1.82, 2.24) is 4.57 Å². The van der Waals surface area contributed by atoms with Crippen molar-refractivity contribution in [2.45, 2.75) is 13.3 Å². The van der Waals surface area contributed by atoms with Gasteiger partial charge in [-0.3, -0.25) is 4.57 Å². The minimum absolute atomic E-state index is 0.778. The number of aliphatic imine (C=N–C) groups is 1. The Bertz CT molecular complexity index is 2320. The zero-order chi connectivity index (χ0) is 32.9. The van der Waals surface area contributed by atoms with E-state index in [-0.39, 0.29) is 0 Å². The van der Waals surface area contributed by atoms with E-state index in [0.29, 0.717) is 0 Å². The highest BCUT2D eigenvalue weighted by atomic mass is 15.0. The average Bonchev–Trinajstić information content (AvgIpc) is 3.46. The Hall–Kier alpha value is -6.19. The second-order valence-electron chi connectivity index (χ2n) is 11.8. The fraction of sp³-hybridized carbons (Fsp3) is 0.0444. The molecular formula is C45H37N3. The van der Waals surface area contributed by atoms with E-state index in [1.807, 2.05) is 43.6 Å². The van der Waals surface area contributed by atoms with Crippen LogP contribution in [0.15, 0.2) is 158 Å². The van der Waals surface area contributed by atoms with E-state index in [2.05, 4.69) is 150 Å². The van der Waals surface area contributed by atoms with Crippen LogP contribution in [-0.2, 0) is 6.42 Å². The van der Waals surface area contributed by atoms with Crippen LogP contribution in [0.4, 0.5) is 17.1 Å². The van der Waals surface area contributed by atoms with Crippen LogP contribution >= 0.6 is 0 Å². The maximum atomic E-state index is 5.13. The van der Waals surface area contributed by atoms with Crippen LogP contribution in [0.1, 0.15) is 34.7 Å². The van der Waals surface area contributed by atoms with E-state index in [9.17, 15) is 0 Å². The molecule has 0 aliphatic heterocycles. The van der Waals surface area contributed by atoms with Crippen molar-refractivity contribution >= 4 is 63.4 Å². The van der Waals surface area contributed by atoms with Crippen molar-refractivity contribution in [1.29, 1.82) is 0 Å². The number of hydrogen-bond donors (Lipinski definition) is 1. The predicted molar refractivity (Wildman–Crippen MR) is 209 cm³/mol. The Kier molecular flexibility index (Phi) is 8.67. The molecule has 1 N–H and O–H groups in total. The van der Waals surface area contributed by atoms with Gasteiger partial charge in [-0.15, -0.1) is 0 Å². The predicted octanol–water partition coefficient (Wildman–Crippen LogP) is 12.3. The van der Waals surface area contributed by atoms with Crippen LogP contribution in [0, 0.1) is 0 Å². The molecule has 0 aliphatic carbocycles. The molecule has 0 saturated carbocycles. The summed E-state index contributed by atoms with van der Waals surface area (Å²) in [4.78, 5) is 5.13. The Morgan fingerprint density at radius 1 is 0.667 bits per heavy atom. The standard InChI is InChI=1S/C45H37N3/c1-4-14-35-25-26-37(30-34(35)6-3)36-23-21-32(22-24-36)29-38-15-10-12-19-42(38)46-31-48-43-20-13-11-18-40(43)41-28-27-33(5-2)44(45(41)48)47-39-16-8-7-9-17-39/h4-28,30-31,47H,2-3,29H2,1H3/b14-4-,46-31?. The molecule has 7 aromatic rings. The topological polar surface area (TPSA) is 29.3 Å². The lowest BCUT2D eigenvalue weighted by Gasteiger charge is -2.13. The quantitative estimate of drug-likeness (QED) is 0.120. The Labute approximate surface area is 282 Å². The summed E-state index contributed by atoms with van der Waals surface area (Å²) in [6, 6.07) is 46.9. The number of rotatable bonds is 10. The van der Waals surface area contributed by atoms with Gasteiger partial charge < -0.3 is 5.32 Å². The SMILES string of the molecule is C=Cc1cc(-c2ccc(Cc3ccccc3N=Cn3c4ccccc4c4ccc(C=C)c(Nc5ccccc5)c43)cc2)ccc1/C=C\C. The minimum Gasteiger partial charge on any atom is -0.353 e. The van der Waals surface area contributed by atoms with Crippen LogP contribution in [0.3, 0.4) is 0 Å². The van der Waals surface area contributed by atoms with E-state index in [1.165, 1.54) is 33.2 Å². The van der Waals surface area contributed by atoms with Gasteiger partial charge in [0.2, 0.25) is 0 Å². The highest BCUT2D eigenvalue weighted by Crippen LogP contribution is 2.37. The molecule has 48 heavy (non-hydrogen) atoms. The fourth-order valence-electron chi connectivity index (χ4n) is 6.40. The first-order chi connectivity index (χ1) is 23.7. The molecule has 0 spiro atoms. The first kappa shape index (κ1) is 30.5. The number of aromatic nitrogens is 1. The van der Waals surface area contributed by atoms with Gasteiger partial charge in [-0.2, -0.15) is 0 Å². The van der Waals surface area contributed by atoms with Crippen LogP contribution < -0.4 is 5.32 Å². The molecule has 7 rings (SSSR count). The molecule has 0 unspecified atom stereocenters. The van der Waals surface area contributed by atoms with Crippen LogP contribution in [-0.4, -0.2) is 10.9 Å². The van der Waals surface area contributed by atoms with Crippen LogP contribution in [0.5, 0.6) is 0 Å². The summed E-state index contributed by atoms with van der Waals surface area (Å²) in [5.74, 6) is 0. The molecular weight excluding hydrogens is 583 g/mol. The average molecular weight is 620 g/mol. The zero-order valence-electron chi connectivity index (χ0n) is 27.1. The van der Waals surface area contributed by atoms with E-state index < -0.39 is 0 Å². The van der Waals surface area contributed by atoms with Gasteiger partial charge in [0.1, 0.15) is 6.34 Å². The number of allylic oxidation sites excluding steroid dienone is 1. The number of nitrogens with one attached hydrogen (secondary N) is 1. The number of fused-ring (bicyclic) bond motifs is 3. The largest absolute Gasteiger partial charge is 0.353 e. The summed E-state index contributed by atoms with van der Waals surface area (Å²) in [6.07, 6.45) is 10.7. The summed E-state index contributed by atoms with van der Waals surface area (Å²) in [5.41, 5.74) is 13.2. The summed E-state index contributed by atoms with van der Waals surface area (Å²) in [6.45, 7) is 10.2. The van der Waals surface area contributed by atoms with Crippen molar-refractivity contribution in [2.24, 2.45) is 4.99 Å². The molecule has 3 nitrogen and oxygen atoms in total. The fourth-order valence-corrected chi connectivity index (χ4v) is 6.40. The third kappa shape index (κ3) is 6.02. The molecule has 0 atom stereocenters. The monoisotopic (exact) mass is 619 g/mol. The van der Waals surface area contributed by atoms with Crippen LogP contribution in [0.2, 0.25) is 0 Å². The van der Waals surface area contributed by atoms with Crippen molar-refractivity contribution in [3.63, 3.8) is 0 Å². The normalized spacial score (nSPS) is 11.5. The molecule has 1 aromatic heterocycles. The van der Waals surface area contributed by atoms with Crippen molar-refractivity contribution in [2.75, 3.05) is 5.32 Å². The molecule has 1 heterocycles. The third-order valence-corrected chi connectivity index (χ3v) is 8.81. The lowest BCUT2D eigenvalue weighted by atomic mass is 9.96. The van der Waals surface area contributed by atoms with Gasteiger partial charge in [-0.1, -0.05) is 141 Å². The Balaban J connectivity index is 1.24. The van der Waals surface area contributed by atoms with E-state index in [0.717, 1.165) is 51.0 Å². The van der Waals surface area contributed by atoms with Crippen molar-refractivity contribution in [3.8, 4) is 11.1 Å². The second kappa shape index (κ2) is 13.7. The number of anilines is 2. The molecule has 232 valence electrons. The number of benzene rings is 6. The number of para-hydroxylation sites is 3. The molecule has 0 fully saturated rings. The second-order valence-corrected chi connectivity index (χ2v) is 11.8. The third-order valence-electron chi connectivity index (χ3n) is 8.81. The molecule has 3 heteroatoms. The molecule has 6 aromatic carbocycles. The van der Waals surface area contributed by atoms with Gasteiger partial charge in [0.25, 0.3) is 0 Å². The van der Waals surface area contributed by atoms with Gasteiger partial charge >= 0.3 is 0 Å². The molecule has 0 radical (unpaired) electrons. The summed E-state index contributed by atoms with van der Waals surface area (Å²) < 4.78 is 2.20. The lowest BCUT2D eigenvalue weighted by molar-refractivity contribution is 1.18. The highest BCUT2D eigenvalue weighted by Gasteiger charge is 2.16. The van der Waals surface area contributed by atoms with E-state index in [4.69, 9.17) is 4.99 Å². The summed E-state index contributed by atoms with van der Waals surface area (Å²) >= 11 is 0. The van der Waals surface area contributed by atoms with E-state index >= 15 is 0 Å². The van der Waals surface area contributed by atoms with Crippen molar-refractivity contribution < 1.29 is 0 Å². The maximum Gasteiger partial charge on any atom is 0.100 e. The number of nitrogens with zero attached hydrogens (tertiary/aromatic N) is 2. The smallest absolute Gasteiger partial charge is 0.100 e. The number of hydrogen-bond acceptors (Lipinski definition) is 2. The first-order valence-electron chi connectivity index (χ1n) is 16.3. The van der Waals surface area contributed by atoms with Crippen molar-refractivity contribution in [3.05, 3.63) is 181 Å². The molecule has 0 aliphatic rings. The molecule has 0 bridgehead atoms. The lowest BCUT2D eigenvalue weighted by Crippen LogP contribution is -2.01. The zero-order valence-corrected chi connectivity index (χ0v) is 27.1.